The van der Waals surface area contributed by atoms with Crippen molar-refractivity contribution in [1.29, 1.82) is 5.26 Å². The van der Waals surface area contributed by atoms with Gasteiger partial charge in [0.05, 0.1) is 12.1 Å². The van der Waals surface area contributed by atoms with Crippen LogP contribution < -0.4 is 10.1 Å². The highest BCUT2D eigenvalue weighted by atomic mass is 79.9. The Labute approximate surface area is 152 Å². The Bertz CT molecular complexity index is 842. The molecule has 2 N–H and O–H groups in total. The second-order valence-electron chi connectivity index (χ2n) is 4.68. The molecule has 0 unspecified atom stereocenters. The highest BCUT2D eigenvalue weighted by Crippen LogP contribution is 2.35. The summed E-state index contributed by atoms with van der Waals surface area (Å²) in [5, 5.41) is 21.6. The van der Waals surface area contributed by atoms with Gasteiger partial charge in [0, 0.05) is 10.2 Å². The highest BCUT2D eigenvalue weighted by molar-refractivity contribution is 9.10. The number of carbonyl (C=O) groups excluding carboxylic acids is 1. The maximum Gasteiger partial charge on any atom is 0.266 e. The Morgan fingerprint density at radius 1 is 1.38 bits per heavy atom. The Balaban J connectivity index is 2.29. The van der Waals surface area contributed by atoms with Gasteiger partial charge in [-0.15, -0.1) is 0 Å². The zero-order valence-electron chi connectivity index (χ0n) is 12.5. The SMILES string of the molecule is COc1cc(/C=C(/C#N)C(=O)Nc2ccc(Br)cc2)cc(Cl)c1O. The molecule has 0 aliphatic carbocycles. The summed E-state index contributed by atoms with van der Waals surface area (Å²) >= 11 is 9.20. The summed E-state index contributed by atoms with van der Waals surface area (Å²) in [5.74, 6) is -0.600. The normalized spacial score (nSPS) is 10.8. The molecule has 0 heterocycles. The van der Waals surface area contributed by atoms with Gasteiger partial charge >= 0.3 is 0 Å². The molecular weight excluding hydrogens is 396 g/mol. The third-order valence-corrected chi connectivity index (χ3v) is 3.87. The standard InChI is InChI=1S/C17H12BrClN2O3/c1-24-15-8-10(7-14(19)16(15)22)6-11(9-20)17(23)21-13-4-2-12(18)3-5-13/h2-8,22H,1H3,(H,21,23)/b11-6-. The number of carbonyl (C=O) groups is 1. The molecule has 2 aromatic rings. The fourth-order valence-corrected chi connectivity index (χ4v) is 2.36. The smallest absolute Gasteiger partial charge is 0.266 e. The van der Waals surface area contributed by atoms with Gasteiger partial charge in [-0.3, -0.25) is 4.79 Å². The second-order valence-corrected chi connectivity index (χ2v) is 6.01. The first kappa shape index (κ1) is 17.9. The first-order valence-corrected chi connectivity index (χ1v) is 7.87. The largest absolute Gasteiger partial charge is 0.503 e. The van der Waals surface area contributed by atoms with Crippen molar-refractivity contribution in [3.8, 4) is 17.6 Å². The van der Waals surface area contributed by atoms with Gasteiger partial charge in [-0.2, -0.15) is 5.26 Å². The summed E-state index contributed by atoms with van der Waals surface area (Å²) < 4.78 is 5.87. The van der Waals surface area contributed by atoms with Gasteiger partial charge in [0.1, 0.15) is 11.6 Å². The van der Waals surface area contributed by atoms with Crippen molar-refractivity contribution in [1.82, 2.24) is 0 Å². The van der Waals surface area contributed by atoms with E-state index in [1.54, 1.807) is 24.3 Å². The minimum atomic E-state index is -0.553. The van der Waals surface area contributed by atoms with Crippen LogP contribution in [0.1, 0.15) is 5.56 Å². The molecule has 0 aromatic heterocycles. The minimum Gasteiger partial charge on any atom is -0.503 e. The molecule has 0 saturated carbocycles. The number of hydrogen-bond donors (Lipinski definition) is 2. The van der Waals surface area contributed by atoms with Crippen LogP contribution in [0.2, 0.25) is 5.02 Å². The van der Waals surface area contributed by atoms with Crippen LogP contribution in [0.4, 0.5) is 5.69 Å². The van der Waals surface area contributed by atoms with Crippen LogP contribution in [0.25, 0.3) is 6.08 Å². The first-order chi connectivity index (χ1) is 11.4. The molecule has 1 amide bonds. The number of nitriles is 1. The van der Waals surface area contributed by atoms with Gasteiger partial charge in [-0.1, -0.05) is 27.5 Å². The number of methoxy groups -OCH3 is 1. The van der Waals surface area contributed by atoms with Crippen LogP contribution in [0.15, 0.2) is 46.4 Å². The molecule has 0 aliphatic rings. The second kappa shape index (κ2) is 7.86. The number of aromatic hydroxyl groups is 1. The van der Waals surface area contributed by atoms with E-state index >= 15 is 0 Å². The molecule has 2 aromatic carbocycles. The zero-order chi connectivity index (χ0) is 17.7. The number of amides is 1. The number of nitrogens with one attached hydrogen (secondary N) is 1. The molecule has 0 radical (unpaired) electrons. The van der Waals surface area contributed by atoms with E-state index in [4.69, 9.17) is 16.3 Å². The lowest BCUT2D eigenvalue weighted by atomic mass is 10.1. The third-order valence-electron chi connectivity index (χ3n) is 3.05. The number of benzene rings is 2. The number of hydrogen-bond acceptors (Lipinski definition) is 4. The molecular formula is C17H12BrClN2O3. The number of halogens is 2. The topological polar surface area (TPSA) is 82.3 Å². The number of phenolic OH excluding ortho intramolecular Hbond substituents is 1. The maximum atomic E-state index is 12.2. The zero-order valence-corrected chi connectivity index (χ0v) is 14.9. The quantitative estimate of drug-likeness (QED) is 0.583. The van der Waals surface area contributed by atoms with Gasteiger partial charge in [0.25, 0.3) is 5.91 Å². The molecule has 7 heteroatoms. The first-order valence-electron chi connectivity index (χ1n) is 6.70. The van der Waals surface area contributed by atoms with Crippen LogP contribution in [0.3, 0.4) is 0 Å². The van der Waals surface area contributed by atoms with E-state index < -0.39 is 5.91 Å². The van der Waals surface area contributed by atoms with Crippen LogP contribution in [-0.4, -0.2) is 18.1 Å². The van der Waals surface area contributed by atoms with Crippen molar-refractivity contribution in [3.05, 3.63) is 57.0 Å². The van der Waals surface area contributed by atoms with Gasteiger partial charge in [-0.25, -0.2) is 0 Å². The monoisotopic (exact) mass is 406 g/mol. The molecule has 0 bridgehead atoms. The lowest BCUT2D eigenvalue weighted by molar-refractivity contribution is -0.112. The third kappa shape index (κ3) is 4.28. The summed E-state index contributed by atoms with van der Waals surface area (Å²) in [6.45, 7) is 0. The van der Waals surface area contributed by atoms with Gasteiger partial charge < -0.3 is 15.2 Å². The Morgan fingerprint density at radius 3 is 2.62 bits per heavy atom. The molecule has 2 rings (SSSR count). The Kier molecular flexibility index (Phi) is 5.85. The fourth-order valence-electron chi connectivity index (χ4n) is 1.88. The van der Waals surface area contributed by atoms with E-state index in [2.05, 4.69) is 21.2 Å². The van der Waals surface area contributed by atoms with Crippen molar-refractivity contribution in [2.45, 2.75) is 0 Å². The molecule has 0 saturated heterocycles. The number of anilines is 1. The summed E-state index contributed by atoms with van der Waals surface area (Å²) in [6.07, 6.45) is 1.36. The van der Waals surface area contributed by atoms with Crippen molar-refractivity contribution >= 4 is 45.2 Å². The lowest BCUT2D eigenvalue weighted by Gasteiger charge is -2.07. The van der Waals surface area contributed by atoms with Gasteiger partial charge in [-0.05, 0) is 48.0 Å². The molecule has 5 nitrogen and oxygen atoms in total. The summed E-state index contributed by atoms with van der Waals surface area (Å²) in [5.41, 5.74) is 0.907. The van der Waals surface area contributed by atoms with Crippen molar-refractivity contribution in [3.63, 3.8) is 0 Å². The molecule has 0 aliphatic heterocycles. The Hall–Kier alpha value is -2.49. The van der Waals surface area contributed by atoms with Gasteiger partial charge in [0.2, 0.25) is 0 Å². The van der Waals surface area contributed by atoms with Crippen molar-refractivity contribution < 1.29 is 14.6 Å². The maximum absolute atomic E-state index is 12.2. The molecule has 0 fully saturated rings. The average molecular weight is 408 g/mol. The predicted octanol–water partition coefficient (Wildman–Crippen LogP) is 4.36. The lowest BCUT2D eigenvalue weighted by Crippen LogP contribution is -2.13. The van der Waals surface area contributed by atoms with E-state index in [0.717, 1.165) is 4.47 Å². The number of phenols is 1. The molecule has 24 heavy (non-hydrogen) atoms. The number of nitrogens with zero attached hydrogens (tertiary/aromatic N) is 1. The van der Waals surface area contributed by atoms with Gasteiger partial charge in [0.15, 0.2) is 11.5 Å². The average Bonchev–Trinajstić information content (AvgIpc) is 2.57. The summed E-state index contributed by atoms with van der Waals surface area (Å²) in [4.78, 5) is 12.2. The fraction of sp³-hybridized carbons (Fsp3) is 0.0588. The minimum absolute atomic E-state index is 0.0613. The van der Waals surface area contributed by atoms with Crippen molar-refractivity contribution in [2.75, 3.05) is 12.4 Å². The highest BCUT2D eigenvalue weighted by Gasteiger charge is 2.12. The van der Waals surface area contributed by atoms with E-state index in [1.807, 2.05) is 6.07 Å². The van der Waals surface area contributed by atoms with E-state index in [-0.39, 0.29) is 22.1 Å². The van der Waals surface area contributed by atoms with E-state index in [1.165, 1.54) is 25.3 Å². The van der Waals surface area contributed by atoms with Crippen LogP contribution >= 0.6 is 27.5 Å². The molecule has 122 valence electrons. The summed E-state index contributed by atoms with van der Waals surface area (Å²) in [7, 11) is 1.38. The van der Waals surface area contributed by atoms with E-state index in [0.29, 0.717) is 11.3 Å². The molecule has 0 atom stereocenters. The van der Waals surface area contributed by atoms with Crippen molar-refractivity contribution in [2.24, 2.45) is 0 Å². The van der Waals surface area contributed by atoms with Crippen LogP contribution in [0, 0.1) is 11.3 Å². The predicted molar refractivity (Wildman–Crippen MR) is 96.0 cm³/mol. The Morgan fingerprint density at radius 2 is 2.04 bits per heavy atom. The van der Waals surface area contributed by atoms with E-state index in [9.17, 15) is 15.2 Å². The number of ether oxygens (including phenoxy) is 1. The molecule has 0 spiro atoms. The van der Waals surface area contributed by atoms with Crippen LogP contribution in [-0.2, 0) is 4.79 Å². The van der Waals surface area contributed by atoms with Crippen LogP contribution in [0.5, 0.6) is 11.5 Å². The summed E-state index contributed by atoms with van der Waals surface area (Å²) in [6, 6.07) is 11.7. The number of rotatable bonds is 4.